The third-order valence-corrected chi connectivity index (χ3v) is 5.23. The van der Waals surface area contributed by atoms with Gasteiger partial charge in [0.15, 0.2) is 0 Å². The Labute approximate surface area is 120 Å². The molecule has 2 aliphatic heterocycles. The fourth-order valence-corrected chi connectivity index (χ4v) is 3.90. The molecule has 1 aromatic rings. The van der Waals surface area contributed by atoms with Crippen LogP contribution in [0.1, 0.15) is 43.0 Å². The molecule has 0 spiro atoms. The van der Waals surface area contributed by atoms with E-state index in [0.29, 0.717) is 11.6 Å². The summed E-state index contributed by atoms with van der Waals surface area (Å²) in [6.07, 6.45) is 8.07. The number of carbonyl (C=O) groups is 1. The molecule has 5 heteroatoms. The van der Waals surface area contributed by atoms with Gasteiger partial charge in [0.1, 0.15) is 0 Å². The van der Waals surface area contributed by atoms with Crippen molar-refractivity contribution < 1.29 is 4.79 Å². The molecule has 5 nitrogen and oxygen atoms in total. The lowest BCUT2D eigenvalue weighted by Crippen LogP contribution is -2.66. The molecule has 3 rings (SSSR count). The van der Waals surface area contributed by atoms with Gasteiger partial charge in [0.05, 0.1) is 17.8 Å². The monoisotopic (exact) mass is 276 g/mol. The summed E-state index contributed by atoms with van der Waals surface area (Å²) in [5.74, 6) is 0.143. The van der Waals surface area contributed by atoms with Gasteiger partial charge in [0.25, 0.3) is 5.91 Å². The average molecular weight is 276 g/mol. The molecule has 0 saturated carbocycles. The highest BCUT2D eigenvalue weighted by molar-refractivity contribution is 5.94. The Kier molecular flexibility index (Phi) is 3.32. The first-order valence-corrected chi connectivity index (χ1v) is 7.53. The second kappa shape index (κ2) is 4.88. The van der Waals surface area contributed by atoms with E-state index in [1.165, 1.54) is 12.8 Å². The van der Waals surface area contributed by atoms with Crippen molar-refractivity contribution in [3.63, 3.8) is 0 Å². The Bertz CT molecular complexity index is 512. The molecule has 0 unspecified atom stereocenters. The lowest BCUT2D eigenvalue weighted by Gasteiger charge is -2.55. The standard InChI is InChI=1S/C15H24N4O/c1-15-7-5-9-19(13(15)6-4-8-17(15)2)14(20)12-10-16-18(3)11-12/h10-11,13H,4-9H2,1-3H3/t13-,15+/m1/s1. The molecule has 110 valence electrons. The highest BCUT2D eigenvalue weighted by atomic mass is 16.2. The van der Waals surface area contributed by atoms with Crippen molar-refractivity contribution in [1.82, 2.24) is 19.6 Å². The van der Waals surface area contributed by atoms with Gasteiger partial charge < -0.3 is 4.90 Å². The van der Waals surface area contributed by atoms with Crippen molar-refractivity contribution in [2.45, 2.75) is 44.2 Å². The van der Waals surface area contributed by atoms with E-state index in [9.17, 15) is 4.79 Å². The van der Waals surface area contributed by atoms with Crippen LogP contribution in [-0.4, -0.2) is 57.2 Å². The minimum Gasteiger partial charge on any atom is -0.334 e. The first-order valence-electron chi connectivity index (χ1n) is 7.53. The van der Waals surface area contributed by atoms with Crippen LogP contribution in [0.25, 0.3) is 0 Å². The summed E-state index contributed by atoms with van der Waals surface area (Å²) >= 11 is 0. The van der Waals surface area contributed by atoms with Gasteiger partial charge in [-0.3, -0.25) is 14.4 Å². The lowest BCUT2D eigenvalue weighted by molar-refractivity contribution is -0.0347. The number of aryl methyl sites for hydroxylation is 1. The molecule has 1 aromatic heterocycles. The number of hydrogen-bond donors (Lipinski definition) is 0. The van der Waals surface area contributed by atoms with E-state index < -0.39 is 0 Å². The van der Waals surface area contributed by atoms with Gasteiger partial charge in [-0.1, -0.05) is 0 Å². The topological polar surface area (TPSA) is 41.4 Å². The zero-order valence-corrected chi connectivity index (χ0v) is 12.7. The predicted molar refractivity (Wildman–Crippen MR) is 77.5 cm³/mol. The minimum atomic E-state index is 0.133. The maximum Gasteiger partial charge on any atom is 0.257 e. The number of nitrogens with zero attached hydrogens (tertiary/aromatic N) is 4. The molecule has 0 N–H and O–H groups in total. The van der Waals surface area contributed by atoms with Crippen LogP contribution < -0.4 is 0 Å². The van der Waals surface area contributed by atoms with Crippen molar-refractivity contribution >= 4 is 5.91 Å². The molecule has 2 saturated heterocycles. The Hall–Kier alpha value is -1.36. The SMILES string of the molecule is CN1CCC[C@H]2N(C(=O)c3cnn(C)c3)CCC[C@@]21C. The van der Waals surface area contributed by atoms with Gasteiger partial charge in [0.2, 0.25) is 0 Å². The third kappa shape index (κ3) is 2.04. The number of carbonyl (C=O) groups excluding carboxylic acids is 1. The summed E-state index contributed by atoms with van der Waals surface area (Å²) in [5.41, 5.74) is 0.846. The minimum absolute atomic E-state index is 0.133. The van der Waals surface area contributed by atoms with E-state index in [1.54, 1.807) is 10.9 Å². The summed E-state index contributed by atoms with van der Waals surface area (Å²) in [6.45, 7) is 4.34. The molecule has 0 radical (unpaired) electrons. The zero-order chi connectivity index (χ0) is 14.3. The van der Waals surface area contributed by atoms with Gasteiger partial charge in [-0.15, -0.1) is 0 Å². The molecule has 3 heterocycles. The summed E-state index contributed by atoms with van der Waals surface area (Å²) in [7, 11) is 4.05. The van der Waals surface area contributed by atoms with Crippen molar-refractivity contribution in [2.75, 3.05) is 20.1 Å². The van der Waals surface area contributed by atoms with Crippen LogP contribution in [0.5, 0.6) is 0 Å². The highest BCUT2D eigenvalue weighted by Crippen LogP contribution is 2.38. The molecule has 2 atom stereocenters. The van der Waals surface area contributed by atoms with E-state index in [2.05, 4.69) is 28.9 Å². The van der Waals surface area contributed by atoms with Crippen LogP contribution in [0.3, 0.4) is 0 Å². The first kappa shape index (κ1) is 13.6. The molecule has 0 bridgehead atoms. The molecule has 0 aromatic carbocycles. The second-order valence-electron chi connectivity index (χ2n) is 6.44. The molecular formula is C15H24N4O. The van der Waals surface area contributed by atoms with Crippen molar-refractivity contribution in [1.29, 1.82) is 0 Å². The first-order chi connectivity index (χ1) is 9.52. The fraction of sp³-hybridized carbons (Fsp3) is 0.733. The van der Waals surface area contributed by atoms with E-state index in [1.807, 2.05) is 13.2 Å². The van der Waals surface area contributed by atoms with Crippen LogP contribution in [0, 0.1) is 0 Å². The van der Waals surface area contributed by atoms with Crippen LogP contribution in [0.4, 0.5) is 0 Å². The quantitative estimate of drug-likeness (QED) is 0.781. The van der Waals surface area contributed by atoms with E-state index in [4.69, 9.17) is 0 Å². The number of rotatable bonds is 1. The van der Waals surface area contributed by atoms with Gasteiger partial charge >= 0.3 is 0 Å². The number of amides is 1. The molecule has 1 amide bonds. The van der Waals surface area contributed by atoms with E-state index >= 15 is 0 Å². The second-order valence-corrected chi connectivity index (χ2v) is 6.44. The number of piperidine rings is 2. The Morgan fingerprint density at radius 2 is 2.15 bits per heavy atom. The molecule has 0 aliphatic carbocycles. The number of likely N-dealkylation sites (tertiary alicyclic amines) is 2. The van der Waals surface area contributed by atoms with Crippen LogP contribution in [-0.2, 0) is 7.05 Å². The molecule has 20 heavy (non-hydrogen) atoms. The maximum atomic E-state index is 12.8. The van der Waals surface area contributed by atoms with Crippen molar-refractivity contribution in [3.05, 3.63) is 18.0 Å². The van der Waals surface area contributed by atoms with E-state index in [-0.39, 0.29) is 11.4 Å². The van der Waals surface area contributed by atoms with Crippen LogP contribution in [0.15, 0.2) is 12.4 Å². The average Bonchev–Trinajstić information content (AvgIpc) is 2.85. The summed E-state index contributed by atoms with van der Waals surface area (Å²) < 4.78 is 1.70. The summed E-state index contributed by atoms with van der Waals surface area (Å²) in [4.78, 5) is 17.3. The van der Waals surface area contributed by atoms with Gasteiger partial charge in [0, 0.05) is 25.3 Å². The molecule has 2 fully saturated rings. The lowest BCUT2D eigenvalue weighted by atomic mass is 9.76. The number of aromatic nitrogens is 2. The normalized spacial score (nSPS) is 31.1. The third-order valence-electron chi connectivity index (χ3n) is 5.23. The number of hydrogen-bond acceptors (Lipinski definition) is 3. The Morgan fingerprint density at radius 3 is 2.85 bits per heavy atom. The smallest absolute Gasteiger partial charge is 0.257 e. The van der Waals surface area contributed by atoms with E-state index in [0.717, 1.165) is 25.9 Å². The largest absolute Gasteiger partial charge is 0.334 e. The van der Waals surface area contributed by atoms with Crippen molar-refractivity contribution in [3.8, 4) is 0 Å². The Balaban J connectivity index is 1.87. The van der Waals surface area contributed by atoms with Crippen LogP contribution in [0.2, 0.25) is 0 Å². The van der Waals surface area contributed by atoms with Gasteiger partial charge in [-0.05, 0) is 46.2 Å². The Morgan fingerprint density at radius 1 is 1.35 bits per heavy atom. The molecular weight excluding hydrogens is 252 g/mol. The number of fused-ring (bicyclic) bond motifs is 1. The van der Waals surface area contributed by atoms with Crippen molar-refractivity contribution in [2.24, 2.45) is 7.05 Å². The van der Waals surface area contributed by atoms with Gasteiger partial charge in [-0.2, -0.15) is 5.10 Å². The zero-order valence-electron chi connectivity index (χ0n) is 12.7. The fourth-order valence-electron chi connectivity index (χ4n) is 3.90. The predicted octanol–water partition coefficient (Wildman–Crippen LogP) is 1.51. The van der Waals surface area contributed by atoms with Crippen LogP contribution >= 0.6 is 0 Å². The highest BCUT2D eigenvalue weighted by Gasteiger charge is 2.47. The molecule has 2 aliphatic rings. The summed E-state index contributed by atoms with van der Waals surface area (Å²) in [6, 6.07) is 0.336. The summed E-state index contributed by atoms with van der Waals surface area (Å²) in [5, 5.41) is 4.13. The maximum absolute atomic E-state index is 12.8. The van der Waals surface area contributed by atoms with Gasteiger partial charge in [-0.25, -0.2) is 0 Å². The number of likely N-dealkylation sites (N-methyl/N-ethyl adjacent to an activating group) is 1.